The van der Waals surface area contributed by atoms with Gasteiger partial charge >= 0.3 is 0 Å². The number of aryl methyl sites for hydroxylation is 1. The van der Waals surface area contributed by atoms with Crippen LogP contribution in [-0.2, 0) is 0 Å². The molecule has 0 aliphatic heterocycles. The van der Waals surface area contributed by atoms with Crippen LogP contribution in [0.3, 0.4) is 0 Å². The predicted molar refractivity (Wildman–Crippen MR) is 92.2 cm³/mol. The van der Waals surface area contributed by atoms with Crippen molar-refractivity contribution in [1.82, 2.24) is 0 Å². The zero-order valence-corrected chi connectivity index (χ0v) is 14.7. The number of nitriles is 1. The van der Waals surface area contributed by atoms with Gasteiger partial charge < -0.3 is 14.2 Å². The monoisotopic (exact) mass is 375 g/mol. The highest BCUT2D eigenvalue weighted by atomic mass is 79.9. The Bertz CT molecular complexity index is 693. The lowest BCUT2D eigenvalue weighted by Gasteiger charge is -2.14. The van der Waals surface area contributed by atoms with E-state index in [2.05, 4.69) is 22.0 Å². The number of benzene rings is 2. The maximum absolute atomic E-state index is 9.02. The van der Waals surface area contributed by atoms with Crippen LogP contribution >= 0.6 is 15.9 Å². The molecule has 2 rings (SSSR count). The first-order valence-electron chi connectivity index (χ1n) is 7.32. The van der Waals surface area contributed by atoms with Gasteiger partial charge in [-0.2, -0.15) is 5.26 Å². The van der Waals surface area contributed by atoms with Crippen LogP contribution in [0.25, 0.3) is 0 Å². The van der Waals surface area contributed by atoms with Crippen LogP contribution < -0.4 is 14.2 Å². The molecule has 0 N–H and O–H groups in total. The van der Waals surface area contributed by atoms with Crippen molar-refractivity contribution in [3.05, 3.63) is 52.0 Å². The molecular formula is C18H18BrNO3. The van der Waals surface area contributed by atoms with Gasteiger partial charge in [-0.15, -0.1) is 0 Å². The zero-order valence-electron chi connectivity index (χ0n) is 13.1. The van der Waals surface area contributed by atoms with Crippen molar-refractivity contribution in [2.24, 2.45) is 0 Å². The molecule has 23 heavy (non-hydrogen) atoms. The Morgan fingerprint density at radius 3 is 2.39 bits per heavy atom. The molecule has 0 aliphatic carbocycles. The Balaban J connectivity index is 1.97. The number of hydrogen-bond donors (Lipinski definition) is 0. The minimum absolute atomic E-state index is 0.373. The van der Waals surface area contributed by atoms with E-state index in [1.165, 1.54) is 5.56 Å². The maximum Gasteiger partial charge on any atom is 0.175 e. The van der Waals surface area contributed by atoms with Gasteiger partial charge in [-0.05, 0) is 48.0 Å². The fourth-order valence-corrected chi connectivity index (χ4v) is 2.53. The van der Waals surface area contributed by atoms with E-state index in [-0.39, 0.29) is 0 Å². The summed E-state index contributed by atoms with van der Waals surface area (Å²) in [7, 11) is 0. The second kappa shape index (κ2) is 8.44. The van der Waals surface area contributed by atoms with Crippen LogP contribution in [0, 0.1) is 18.3 Å². The van der Waals surface area contributed by atoms with E-state index in [0.29, 0.717) is 41.4 Å². The van der Waals surface area contributed by atoms with Crippen molar-refractivity contribution < 1.29 is 14.2 Å². The van der Waals surface area contributed by atoms with Gasteiger partial charge in [0.05, 0.1) is 22.7 Å². The first-order valence-corrected chi connectivity index (χ1v) is 8.12. The predicted octanol–water partition coefficient (Wildman–Crippen LogP) is 4.49. The summed E-state index contributed by atoms with van der Waals surface area (Å²) >= 11 is 3.42. The van der Waals surface area contributed by atoms with E-state index in [1.54, 1.807) is 12.1 Å². The molecule has 0 atom stereocenters. The topological polar surface area (TPSA) is 51.5 Å². The Kier molecular flexibility index (Phi) is 6.30. The molecular weight excluding hydrogens is 358 g/mol. The molecule has 0 bridgehead atoms. The van der Waals surface area contributed by atoms with Gasteiger partial charge in [-0.1, -0.05) is 17.7 Å². The van der Waals surface area contributed by atoms with Gasteiger partial charge in [-0.3, -0.25) is 0 Å². The molecule has 0 unspecified atom stereocenters. The number of rotatable bonds is 7. The largest absolute Gasteiger partial charge is 0.490 e. The molecule has 0 spiro atoms. The molecule has 4 nitrogen and oxygen atoms in total. The summed E-state index contributed by atoms with van der Waals surface area (Å²) in [6.07, 6.45) is 0. The number of ether oxygens (including phenoxy) is 3. The Hall–Kier alpha value is -2.19. The summed E-state index contributed by atoms with van der Waals surface area (Å²) in [5.41, 5.74) is 1.71. The molecule has 120 valence electrons. The number of nitrogens with zero attached hydrogens (tertiary/aromatic N) is 1. The van der Waals surface area contributed by atoms with Gasteiger partial charge in [0.1, 0.15) is 19.0 Å². The fourth-order valence-electron chi connectivity index (χ4n) is 1.97. The van der Waals surface area contributed by atoms with Gasteiger partial charge in [-0.25, -0.2) is 0 Å². The van der Waals surface area contributed by atoms with E-state index >= 15 is 0 Å². The lowest BCUT2D eigenvalue weighted by atomic mass is 10.2. The van der Waals surface area contributed by atoms with Crippen molar-refractivity contribution in [2.75, 3.05) is 19.8 Å². The molecule has 0 aliphatic rings. The summed E-state index contributed by atoms with van der Waals surface area (Å²) in [5, 5.41) is 9.02. The lowest BCUT2D eigenvalue weighted by Crippen LogP contribution is -2.10. The van der Waals surface area contributed by atoms with Crippen molar-refractivity contribution in [1.29, 1.82) is 5.26 Å². The van der Waals surface area contributed by atoms with Crippen LogP contribution in [0.4, 0.5) is 0 Å². The third kappa shape index (κ3) is 4.90. The van der Waals surface area contributed by atoms with E-state index in [4.69, 9.17) is 19.5 Å². The molecule has 2 aromatic rings. The second-order valence-electron chi connectivity index (χ2n) is 4.84. The van der Waals surface area contributed by atoms with E-state index in [9.17, 15) is 0 Å². The Morgan fingerprint density at radius 2 is 1.74 bits per heavy atom. The highest BCUT2D eigenvalue weighted by Gasteiger charge is 2.12. The molecule has 0 heterocycles. The quantitative estimate of drug-likeness (QED) is 0.669. The number of halogens is 1. The van der Waals surface area contributed by atoms with Crippen molar-refractivity contribution in [3.63, 3.8) is 0 Å². The summed E-state index contributed by atoms with van der Waals surface area (Å²) in [4.78, 5) is 0. The molecule has 0 aromatic heterocycles. The van der Waals surface area contributed by atoms with Gasteiger partial charge in [0.25, 0.3) is 0 Å². The van der Waals surface area contributed by atoms with Crippen molar-refractivity contribution >= 4 is 15.9 Å². The highest BCUT2D eigenvalue weighted by molar-refractivity contribution is 9.10. The van der Waals surface area contributed by atoms with E-state index in [0.717, 1.165) is 5.75 Å². The van der Waals surface area contributed by atoms with Crippen molar-refractivity contribution in [3.8, 4) is 23.3 Å². The maximum atomic E-state index is 9.02. The first kappa shape index (κ1) is 17.2. The minimum Gasteiger partial charge on any atom is -0.490 e. The molecule has 0 radical (unpaired) electrons. The zero-order chi connectivity index (χ0) is 16.7. The summed E-state index contributed by atoms with van der Waals surface area (Å²) in [6, 6.07) is 13.3. The van der Waals surface area contributed by atoms with Crippen LogP contribution in [0.2, 0.25) is 0 Å². The van der Waals surface area contributed by atoms with E-state index < -0.39 is 0 Å². The van der Waals surface area contributed by atoms with Crippen LogP contribution in [0.15, 0.2) is 40.9 Å². The third-order valence-corrected chi connectivity index (χ3v) is 3.65. The molecule has 5 heteroatoms. The highest BCUT2D eigenvalue weighted by Crippen LogP contribution is 2.36. The SMILES string of the molecule is CCOc1cc(C#N)cc(Br)c1OCCOc1ccc(C)cc1. The van der Waals surface area contributed by atoms with Gasteiger partial charge in [0.2, 0.25) is 0 Å². The fraction of sp³-hybridized carbons (Fsp3) is 0.278. The first-order chi connectivity index (χ1) is 11.1. The lowest BCUT2D eigenvalue weighted by molar-refractivity contribution is 0.207. The Labute approximate surface area is 144 Å². The standard InChI is InChI=1S/C18H18BrNO3/c1-3-21-17-11-14(12-20)10-16(19)18(17)23-9-8-22-15-6-4-13(2)5-7-15/h4-7,10-11H,3,8-9H2,1-2H3. The second-order valence-corrected chi connectivity index (χ2v) is 5.69. The van der Waals surface area contributed by atoms with Crippen LogP contribution in [-0.4, -0.2) is 19.8 Å². The smallest absolute Gasteiger partial charge is 0.175 e. The summed E-state index contributed by atoms with van der Waals surface area (Å²) < 4.78 is 17.6. The van der Waals surface area contributed by atoms with Crippen LogP contribution in [0.1, 0.15) is 18.1 Å². The normalized spacial score (nSPS) is 10.0. The molecule has 2 aromatic carbocycles. The minimum atomic E-state index is 0.373. The Morgan fingerprint density at radius 1 is 1.04 bits per heavy atom. The average molecular weight is 376 g/mol. The van der Waals surface area contributed by atoms with Crippen LogP contribution in [0.5, 0.6) is 17.2 Å². The molecule has 0 amide bonds. The summed E-state index contributed by atoms with van der Waals surface area (Å²) in [6.45, 7) is 5.21. The van der Waals surface area contributed by atoms with E-state index in [1.807, 2.05) is 38.1 Å². The van der Waals surface area contributed by atoms with Gasteiger partial charge in [0.15, 0.2) is 11.5 Å². The molecule has 0 saturated heterocycles. The average Bonchev–Trinajstić information content (AvgIpc) is 2.55. The number of hydrogen-bond acceptors (Lipinski definition) is 4. The summed E-state index contributed by atoms with van der Waals surface area (Å²) in [5.74, 6) is 1.94. The molecule has 0 saturated carbocycles. The van der Waals surface area contributed by atoms with Crippen molar-refractivity contribution in [2.45, 2.75) is 13.8 Å². The third-order valence-electron chi connectivity index (χ3n) is 3.06. The molecule has 0 fully saturated rings. The van der Waals surface area contributed by atoms with Gasteiger partial charge in [0, 0.05) is 6.07 Å².